The van der Waals surface area contributed by atoms with Crippen LogP contribution in [0.25, 0.3) is 0 Å². The third kappa shape index (κ3) is 4.77. The van der Waals surface area contributed by atoms with Crippen molar-refractivity contribution in [1.29, 1.82) is 0 Å². The maximum absolute atomic E-state index is 11.3. The molecule has 1 aromatic rings. The van der Waals surface area contributed by atoms with Gasteiger partial charge in [-0.2, -0.15) is 8.42 Å². The molecule has 5 nitrogen and oxygen atoms in total. The standard InChI is InChI=1S/C14H24N2O3S/c1-11(2)16(12(3)4)10-9-15-13-7-5-6-8-14(13)20(17,18)19/h5-8,11-12,15H,9-10H2,1-4H3,(H,17,18,19). The lowest BCUT2D eigenvalue weighted by Crippen LogP contribution is -2.40. The van der Waals surface area contributed by atoms with Gasteiger partial charge in [-0.3, -0.25) is 9.45 Å². The van der Waals surface area contributed by atoms with Crippen LogP contribution in [-0.4, -0.2) is 43.0 Å². The fourth-order valence-corrected chi connectivity index (χ4v) is 2.94. The van der Waals surface area contributed by atoms with Crippen molar-refractivity contribution < 1.29 is 13.0 Å². The van der Waals surface area contributed by atoms with Gasteiger partial charge in [0.2, 0.25) is 0 Å². The summed E-state index contributed by atoms with van der Waals surface area (Å²) in [6.07, 6.45) is 0. The van der Waals surface area contributed by atoms with Gasteiger partial charge < -0.3 is 5.32 Å². The highest BCUT2D eigenvalue weighted by molar-refractivity contribution is 7.86. The maximum atomic E-state index is 11.3. The number of nitrogens with zero attached hydrogens (tertiary/aromatic N) is 1. The van der Waals surface area contributed by atoms with Gasteiger partial charge in [-0.1, -0.05) is 12.1 Å². The molecule has 0 aromatic heterocycles. The van der Waals surface area contributed by atoms with Gasteiger partial charge in [0.25, 0.3) is 10.1 Å². The summed E-state index contributed by atoms with van der Waals surface area (Å²) in [7, 11) is -4.19. The van der Waals surface area contributed by atoms with E-state index in [0.717, 1.165) is 6.54 Å². The van der Waals surface area contributed by atoms with Gasteiger partial charge >= 0.3 is 0 Å². The van der Waals surface area contributed by atoms with Crippen molar-refractivity contribution >= 4 is 15.8 Å². The van der Waals surface area contributed by atoms with Crippen LogP contribution in [-0.2, 0) is 10.1 Å². The molecule has 1 aromatic carbocycles. The van der Waals surface area contributed by atoms with Gasteiger partial charge in [-0.05, 0) is 39.8 Å². The van der Waals surface area contributed by atoms with Crippen molar-refractivity contribution in [2.24, 2.45) is 0 Å². The zero-order chi connectivity index (χ0) is 15.3. The van der Waals surface area contributed by atoms with Crippen molar-refractivity contribution in [3.63, 3.8) is 0 Å². The van der Waals surface area contributed by atoms with Gasteiger partial charge in [0.05, 0.1) is 5.69 Å². The fraction of sp³-hybridized carbons (Fsp3) is 0.571. The number of benzene rings is 1. The molecule has 0 saturated carbocycles. The first-order valence-electron chi connectivity index (χ1n) is 6.79. The number of anilines is 1. The van der Waals surface area contributed by atoms with Crippen molar-refractivity contribution in [2.75, 3.05) is 18.4 Å². The summed E-state index contributed by atoms with van der Waals surface area (Å²) < 4.78 is 31.7. The van der Waals surface area contributed by atoms with Crippen LogP contribution in [0.2, 0.25) is 0 Å². The Labute approximate surface area is 121 Å². The number of hydrogen-bond acceptors (Lipinski definition) is 4. The Morgan fingerprint density at radius 2 is 1.70 bits per heavy atom. The van der Waals surface area contributed by atoms with Crippen LogP contribution < -0.4 is 5.32 Å². The van der Waals surface area contributed by atoms with Crippen LogP contribution in [0.4, 0.5) is 5.69 Å². The van der Waals surface area contributed by atoms with Gasteiger partial charge in [0, 0.05) is 25.2 Å². The quantitative estimate of drug-likeness (QED) is 0.757. The van der Waals surface area contributed by atoms with E-state index in [1.54, 1.807) is 18.2 Å². The normalized spacial score (nSPS) is 12.4. The van der Waals surface area contributed by atoms with E-state index in [1.807, 2.05) is 0 Å². The SMILES string of the molecule is CC(C)N(CCNc1ccccc1S(=O)(=O)O)C(C)C. The molecular formula is C14H24N2O3S. The second kappa shape index (κ2) is 7.06. The summed E-state index contributed by atoms with van der Waals surface area (Å²) in [4.78, 5) is 2.23. The molecule has 0 radical (unpaired) electrons. The monoisotopic (exact) mass is 300 g/mol. The maximum Gasteiger partial charge on any atom is 0.296 e. The topological polar surface area (TPSA) is 69.6 Å². The van der Waals surface area contributed by atoms with Crippen LogP contribution in [0, 0.1) is 0 Å². The highest BCUT2D eigenvalue weighted by atomic mass is 32.2. The minimum atomic E-state index is -4.19. The molecule has 2 N–H and O–H groups in total. The van der Waals surface area contributed by atoms with E-state index >= 15 is 0 Å². The largest absolute Gasteiger partial charge is 0.383 e. The Bertz CT molecular complexity index is 519. The van der Waals surface area contributed by atoms with Crippen LogP contribution in [0.15, 0.2) is 29.2 Å². The van der Waals surface area contributed by atoms with Crippen LogP contribution in [0.5, 0.6) is 0 Å². The molecule has 0 saturated heterocycles. The average molecular weight is 300 g/mol. The molecule has 0 bridgehead atoms. The third-order valence-corrected chi connectivity index (χ3v) is 4.09. The molecule has 0 heterocycles. The van der Waals surface area contributed by atoms with E-state index in [0.29, 0.717) is 24.3 Å². The number of nitrogens with one attached hydrogen (secondary N) is 1. The fourth-order valence-electron chi connectivity index (χ4n) is 2.27. The first kappa shape index (κ1) is 16.9. The van der Waals surface area contributed by atoms with Gasteiger partial charge in [-0.15, -0.1) is 0 Å². The molecule has 114 valence electrons. The van der Waals surface area contributed by atoms with E-state index in [1.165, 1.54) is 6.07 Å². The Morgan fingerprint density at radius 3 is 2.20 bits per heavy atom. The first-order chi connectivity index (χ1) is 9.23. The lowest BCUT2D eigenvalue weighted by Gasteiger charge is -2.30. The first-order valence-corrected chi connectivity index (χ1v) is 8.23. The Balaban J connectivity index is 2.72. The second-order valence-electron chi connectivity index (χ2n) is 5.32. The van der Waals surface area contributed by atoms with Crippen molar-refractivity contribution in [2.45, 2.75) is 44.7 Å². The number of hydrogen-bond donors (Lipinski definition) is 2. The van der Waals surface area contributed by atoms with Gasteiger partial charge in [0.15, 0.2) is 0 Å². The van der Waals surface area contributed by atoms with E-state index in [9.17, 15) is 13.0 Å². The second-order valence-corrected chi connectivity index (χ2v) is 6.71. The molecule has 0 fully saturated rings. The number of para-hydroxylation sites is 1. The van der Waals surface area contributed by atoms with Crippen LogP contribution >= 0.6 is 0 Å². The average Bonchev–Trinajstić information content (AvgIpc) is 2.33. The summed E-state index contributed by atoms with van der Waals surface area (Å²) in [5, 5.41) is 3.08. The molecule has 20 heavy (non-hydrogen) atoms. The van der Waals surface area contributed by atoms with E-state index < -0.39 is 10.1 Å². The Morgan fingerprint density at radius 1 is 1.15 bits per heavy atom. The van der Waals surface area contributed by atoms with Gasteiger partial charge in [-0.25, -0.2) is 0 Å². The molecule has 0 aliphatic rings. The van der Waals surface area contributed by atoms with Crippen molar-refractivity contribution in [3.8, 4) is 0 Å². The lowest BCUT2D eigenvalue weighted by molar-refractivity contribution is 0.182. The molecule has 6 heteroatoms. The Kier molecular flexibility index (Phi) is 5.98. The molecule has 0 aliphatic carbocycles. The highest BCUT2D eigenvalue weighted by Gasteiger charge is 2.16. The third-order valence-electron chi connectivity index (χ3n) is 3.18. The number of rotatable bonds is 7. The molecule has 0 unspecified atom stereocenters. The zero-order valence-electron chi connectivity index (χ0n) is 12.5. The van der Waals surface area contributed by atoms with Crippen molar-refractivity contribution in [3.05, 3.63) is 24.3 Å². The summed E-state index contributed by atoms with van der Waals surface area (Å²) in [5.74, 6) is 0. The van der Waals surface area contributed by atoms with Gasteiger partial charge in [0.1, 0.15) is 4.90 Å². The summed E-state index contributed by atoms with van der Waals surface area (Å²) in [6, 6.07) is 7.21. The predicted octanol–water partition coefficient (Wildman–Crippen LogP) is 2.46. The van der Waals surface area contributed by atoms with E-state index in [-0.39, 0.29) is 4.90 Å². The molecule has 0 aliphatic heterocycles. The highest BCUT2D eigenvalue weighted by Crippen LogP contribution is 2.20. The zero-order valence-corrected chi connectivity index (χ0v) is 13.3. The van der Waals surface area contributed by atoms with E-state index in [4.69, 9.17) is 0 Å². The molecule has 0 atom stereocenters. The molecular weight excluding hydrogens is 276 g/mol. The summed E-state index contributed by atoms with van der Waals surface area (Å²) in [5.41, 5.74) is 0.433. The molecule has 1 rings (SSSR count). The predicted molar refractivity (Wildman–Crippen MR) is 81.7 cm³/mol. The summed E-state index contributed by atoms with van der Waals surface area (Å²) in [6.45, 7) is 9.94. The van der Waals surface area contributed by atoms with Crippen molar-refractivity contribution in [1.82, 2.24) is 4.90 Å². The smallest absolute Gasteiger partial charge is 0.296 e. The molecule has 0 spiro atoms. The minimum Gasteiger partial charge on any atom is -0.383 e. The summed E-state index contributed by atoms with van der Waals surface area (Å²) >= 11 is 0. The minimum absolute atomic E-state index is 0.0827. The van der Waals surface area contributed by atoms with E-state index in [2.05, 4.69) is 37.9 Å². The lowest BCUT2D eigenvalue weighted by atomic mass is 10.2. The van der Waals surface area contributed by atoms with Crippen LogP contribution in [0.1, 0.15) is 27.7 Å². The van der Waals surface area contributed by atoms with Crippen LogP contribution in [0.3, 0.4) is 0 Å². The molecule has 0 amide bonds. The Hall–Kier alpha value is -1.11.